The smallest absolute Gasteiger partial charge is 0.225 e. The lowest BCUT2D eigenvalue weighted by Gasteiger charge is -2.20. The van der Waals surface area contributed by atoms with Gasteiger partial charge >= 0.3 is 0 Å². The molecule has 5 heteroatoms. The summed E-state index contributed by atoms with van der Waals surface area (Å²) in [6.07, 6.45) is 1.70. The third-order valence-corrected chi connectivity index (χ3v) is 4.12. The first kappa shape index (κ1) is 15.1. The molecule has 0 bridgehead atoms. The van der Waals surface area contributed by atoms with Gasteiger partial charge in [-0.15, -0.1) is 0 Å². The van der Waals surface area contributed by atoms with Crippen molar-refractivity contribution in [2.45, 2.75) is 32.7 Å². The molecule has 2 atom stereocenters. The van der Waals surface area contributed by atoms with E-state index in [4.69, 9.17) is 17.3 Å². The monoisotopic (exact) mass is 295 g/mol. The molecule has 0 aliphatic carbocycles. The highest BCUT2D eigenvalue weighted by molar-refractivity contribution is 6.34. The molecule has 0 radical (unpaired) electrons. The molecule has 1 aliphatic rings. The van der Waals surface area contributed by atoms with Crippen LogP contribution >= 0.6 is 11.6 Å². The molecule has 20 heavy (non-hydrogen) atoms. The van der Waals surface area contributed by atoms with Gasteiger partial charge in [0.25, 0.3) is 0 Å². The first-order valence-corrected chi connectivity index (χ1v) is 7.42. The van der Waals surface area contributed by atoms with Gasteiger partial charge in [-0.3, -0.25) is 9.69 Å². The first-order chi connectivity index (χ1) is 9.45. The molecular weight excluding hydrogens is 274 g/mol. The Balaban J connectivity index is 1.83. The van der Waals surface area contributed by atoms with E-state index in [0.717, 1.165) is 19.0 Å². The molecule has 2 unspecified atom stereocenters. The van der Waals surface area contributed by atoms with Crippen LogP contribution in [0.1, 0.15) is 26.7 Å². The summed E-state index contributed by atoms with van der Waals surface area (Å²) in [5.74, 6) is 0.711. The summed E-state index contributed by atoms with van der Waals surface area (Å²) in [5, 5.41) is 3.31. The highest BCUT2D eigenvalue weighted by Crippen LogP contribution is 2.25. The van der Waals surface area contributed by atoms with Crippen LogP contribution in [0.4, 0.5) is 11.4 Å². The largest absolute Gasteiger partial charge is 0.399 e. The highest BCUT2D eigenvalue weighted by atomic mass is 35.5. The average molecular weight is 296 g/mol. The van der Waals surface area contributed by atoms with E-state index < -0.39 is 0 Å². The van der Waals surface area contributed by atoms with Gasteiger partial charge in [-0.05, 0) is 37.5 Å². The molecule has 1 amide bonds. The van der Waals surface area contributed by atoms with Crippen LogP contribution < -0.4 is 11.1 Å². The molecule has 1 aromatic rings. The van der Waals surface area contributed by atoms with Gasteiger partial charge in [0, 0.05) is 31.2 Å². The average Bonchev–Trinajstić information content (AvgIpc) is 2.69. The highest BCUT2D eigenvalue weighted by Gasteiger charge is 2.25. The number of nitrogen functional groups attached to an aromatic ring is 1. The Hall–Kier alpha value is -1.26. The maximum atomic E-state index is 12.0. The van der Waals surface area contributed by atoms with Crippen molar-refractivity contribution in [1.82, 2.24) is 4.90 Å². The number of carbonyl (C=O) groups is 1. The number of rotatable bonds is 4. The second kappa shape index (κ2) is 6.46. The predicted octanol–water partition coefficient (Wildman–Crippen LogP) is 2.98. The Labute approximate surface area is 125 Å². The van der Waals surface area contributed by atoms with Crippen molar-refractivity contribution in [3.63, 3.8) is 0 Å². The lowest BCUT2D eigenvalue weighted by atomic mass is 10.1. The summed E-state index contributed by atoms with van der Waals surface area (Å²) < 4.78 is 0. The number of nitrogens with zero attached hydrogens (tertiary/aromatic N) is 1. The number of amides is 1. The van der Waals surface area contributed by atoms with Gasteiger partial charge in [0.2, 0.25) is 5.91 Å². The number of anilines is 2. The van der Waals surface area contributed by atoms with Crippen LogP contribution in [0.3, 0.4) is 0 Å². The fourth-order valence-corrected chi connectivity index (χ4v) is 3.02. The molecule has 0 aromatic heterocycles. The van der Waals surface area contributed by atoms with E-state index in [9.17, 15) is 4.79 Å². The standard InChI is InChI=1S/C15H22ClN3O/c1-10-7-11(2)19(9-10)6-5-15(20)18-14-4-3-12(17)8-13(14)16/h3-4,8,10-11H,5-7,9,17H2,1-2H3,(H,18,20). The van der Waals surface area contributed by atoms with E-state index in [1.54, 1.807) is 18.2 Å². The summed E-state index contributed by atoms with van der Waals surface area (Å²) in [6, 6.07) is 5.67. The van der Waals surface area contributed by atoms with Crippen LogP contribution in [0.5, 0.6) is 0 Å². The Kier molecular flexibility index (Phi) is 4.89. The zero-order valence-corrected chi connectivity index (χ0v) is 12.8. The number of nitrogens with one attached hydrogen (secondary N) is 1. The van der Waals surface area contributed by atoms with Crippen molar-refractivity contribution in [2.75, 3.05) is 24.1 Å². The van der Waals surface area contributed by atoms with Gasteiger partial charge in [0.1, 0.15) is 0 Å². The van der Waals surface area contributed by atoms with E-state index in [1.165, 1.54) is 6.42 Å². The number of carbonyl (C=O) groups excluding carboxylic acids is 1. The second-order valence-electron chi connectivity index (χ2n) is 5.72. The minimum Gasteiger partial charge on any atom is -0.399 e. The number of benzene rings is 1. The molecule has 1 heterocycles. The maximum absolute atomic E-state index is 12.0. The fourth-order valence-electron chi connectivity index (χ4n) is 2.79. The summed E-state index contributed by atoms with van der Waals surface area (Å²) in [5.41, 5.74) is 6.83. The Morgan fingerprint density at radius 1 is 1.50 bits per heavy atom. The molecule has 4 nitrogen and oxygen atoms in total. The molecule has 1 fully saturated rings. The maximum Gasteiger partial charge on any atom is 0.225 e. The summed E-state index contributed by atoms with van der Waals surface area (Å²) >= 11 is 6.04. The van der Waals surface area contributed by atoms with Crippen molar-refractivity contribution < 1.29 is 4.79 Å². The minimum absolute atomic E-state index is 0.0107. The SMILES string of the molecule is CC1CC(C)N(CCC(=O)Nc2ccc(N)cc2Cl)C1. The van der Waals surface area contributed by atoms with E-state index >= 15 is 0 Å². The summed E-state index contributed by atoms with van der Waals surface area (Å²) in [7, 11) is 0. The topological polar surface area (TPSA) is 58.4 Å². The van der Waals surface area contributed by atoms with Crippen molar-refractivity contribution in [1.29, 1.82) is 0 Å². The zero-order chi connectivity index (χ0) is 14.7. The van der Waals surface area contributed by atoms with Crippen molar-refractivity contribution in [2.24, 2.45) is 5.92 Å². The van der Waals surface area contributed by atoms with Gasteiger partial charge in [-0.25, -0.2) is 0 Å². The molecule has 2 rings (SSSR count). The number of hydrogen-bond acceptors (Lipinski definition) is 3. The number of nitrogens with two attached hydrogens (primary N) is 1. The van der Waals surface area contributed by atoms with E-state index in [2.05, 4.69) is 24.1 Å². The number of halogens is 1. The van der Waals surface area contributed by atoms with Gasteiger partial charge in [-0.1, -0.05) is 18.5 Å². The molecule has 0 spiro atoms. The first-order valence-electron chi connectivity index (χ1n) is 7.04. The molecule has 1 aliphatic heterocycles. The molecule has 0 saturated carbocycles. The van der Waals surface area contributed by atoms with Gasteiger partial charge in [-0.2, -0.15) is 0 Å². The molecule has 1 saturated heterocycles. The third-order valence-electron chi connectivity index (χ3n) is 3.81. The quantitative estimate of drug-likeness (QED) is 0.840. The van der Waals surface area contributed by atoms with Gasteiger partial charge < -0.3 is 11.1 Å². The number of likely N-dealkylation sites (tertiary alicyclic amines) is 1. The van der Waals surface area contributed by atoms with Crippen LogP contribution in [0.2, 0.25) is 5.02 Å². The van der Waals surface area contributed by atoms with Crippen LogP contribution in [0, 0.1) is 5.92 Å². The van der Waals surface area contributed by atoms with Crippen LogP contribution in [-0.2, 0) is 4.79 Å². The van der Waals surface area contributed by atoms with Crippen LogP contribution in [-0.4, -0.2) is 29.9 Å². The Morgan fingerprint density at radius 2 is 2.25 bits per heavy atom. The lowest BCUT2D eigenvalue weighted by molar-refractivity contribution is -0.116. The van der Waals surface area contributed by atoms with Crippen molar-refractivity contribution in [3.8, 4) is 0 Å². The van der Waals surface area contributed by atoms with E-state index in [0.29, 0.717) is 28.9 Å². The normalized spacial score (nSPS) is 22.9. The fraction of sp³-hybridized carbons (Fsp3) is 0.533. The van der Waals surface area contributed by atoms with Crippen LogP contribution in [0.15, 0.2) is 18.2 Å². The summed E-state index contributed by atoms with van der Waals surface area (Å²) in [4.78, 5) is 14.3. The minimum atomic E-state index is -0.0107. The molecular formula is C15H22ClN3O. The molecule has 110 valence electrons. The number of hydrogen-bond donors (Lipinski definition) is 2. The molecule has 3 N–H and O–H groups in total. The van der Waals surface area contributed by atoms with Gasteiger partial charge in [0.05, 0.1) is 10.7 Å². The predicted molar refractivity (Wildman–Crippen MR) is 83.9 cm³/mol. The van der Waals surface area contributed by atoms with Crippen molar-refractivity contribution >= 4 is 28.9 Å². The molecule has 1 aromatic carbocycles. The zero-order valence-electron chi connectivity index (χ0n) is 12.0. The van der Waals surface area contributed by atoms with E-state index in [-0.39, 0.29) is 5.91 Å². The summed E-state index contributed by atoms with van der Waals surface area (Å²) in [6.45, 7) is 6.35. The van der Waals surface area contributed by atoms with Gasteiger partial charge in [0.15, 0.2) is 0 Å². The second-order valence-corrected chi connectivity index (χ2v) is 6.13. The van der Waals surface area contributed by atoms with Crippen molar-refractivity contribution in [3.05, 3.63) is 23.2 Å². The third kappa shape index (κ3) is 3.87. The lowest BCUT2D eigenvalue weighted by Crippen LogP contribution is -2.30. The Bertz CT molecular complexity index is 492. The Morgan fingerprint density at radius 3 is 2.85 bits per heavy atom. The van der Waals surface area contributed by atoms with Crippen LogP contribution in [0.25, 0.3) is 0 Å². The van der Waals surface area contributed by atoms with E-state index in [1.807, 2.05) is 0 Å².